The highest BCUT2D eigenvalue weighted by Crippen LogP contribution is 2.34. The van der Waals surface area contributed by atoms with Crippen LogP contribution in [0, 0.1) is 5.92 Å². The lowest BCUT2D eigenvalue weighted by molar-refractivity contribution is 0.671. The Balaban J connectivity index is 1.31. The average molecular weight is 921 g/mol. The monoisotopic (exact) mass is 920 g/mol. The summed E-state index contributed by atoms with van der Waals surface area (Å²) >= 11 is 0. The van der Waals surface area contributed by atoms with Crippen molar-refractivity contribution in [2.45, 2.75) is 65.2 Å². The van der Waals surface area contributed by atoms with E-state index in [2.05, 4.69) is 263 Å². The standard InChI is InChI=1S/C69H64Si/c1-3-52(2)65-34-35-66(51-65)70(67-45-59(36-53-22-10-4-11-23-53)42-60(46-67)37-54-24-12-5-13-25-54,68-47-61(38-55-26-14-6-15-27-55)43-62(48-68)39-56-28-16-7-17-29-56)69-49-63(40-57-30-18-8-19-31-57)44-64(50-69)41-58-32-20-9-21-33-58/h4-34,42-52H,3,35-41H2,1-2H3. The second kappa shape index (κ2) is 22.0. The molecule has 0 radical (unpaired) electrons. The summed E-state index contributed by atoms with van der Waals surface area (Å²) in [6.45, 7) is 4.76. The first-order chi connectivity index (χ1) is 34.5. The number of rotatable bonds is 18. The predicted octanol–water partition coefficient (Wildman–Crippen LogP) is 14.5. The fourth-order valence-corrected chi connectivity index (χ4v) is 16.3. The summed E-state index contributed by atoms with van der Waals surface area (Å²) in [7, 11) is -3.17. The van der Waals surface area contributed by atoms with Gasteiger partial charge in [0.2, 0.25) is 0 Å². The van der Waals surface area contributed by atoms with E-state index < -0.39 is 8.07 Å². The Labute approximate surface area is 418 Å². The van der Waals surface area contributed by atoms with Crippen LogP contribution >= 0.6 is 0 Å². The Hall–Kier alpha value is -7.32. The van der Waals surface area contributed by atoms with Crippen LogP contribution in [0.2, 0.25) is 0 Å². The lowest BCUT2D eigenvalue weighted by Gasteiger charge is -2.37. The SMILES string of the molecule is CCC(C)C1=CCC([Si](c2cc(Cc3ccccc3)cc(Cc3ccccc3)c2)(c2cc(Cc3ccccc3)cc(Cc3ccccc3)c2)c2cc(Cc3ccccc3)cc(Cc3ccccc3)c2)=C1. The fraction of sp³-hybridized carbons (Fsp3) is 0.159. The second-order valence-electron chi connectivity index (χ2n) is 19.7. The van der Waals surface area contributed by atoms with Gasteiger partial charge in [0.1, 0.15) is 0 Å². The molecule has 0 aromatic heterocycles. The van der Waals surface area contributed by atoms with E-state index in [4.69, 9.17) is 0 Å². The van der Waals surface area contributed by atoms with Crippen LogP contribution in [0.4, 0.5) is 0 Å². The maximum Gasteiger partial charge on any atom is 0.176 e. The summed E-state index contributed by atoms with van der Waals surface area (Å²) in [5.74, 6) is 0.471. The molecule has 1 aliphatic carbocycles. The molecular weight excluding hydrogens is 857 g/mol. The van der Waals surface area contributed by atoms with Crippen molar-refractivity contribution < 1.29 is 0 Å². The largest absolute Gasteiger partial charge is 0.176 e. The van der Waals surface area contributed by atoms with Gasteiger partial charge in [0.25, 0.3) is 0 Å². The molecule has 344 valence electrons. The van der Waals surface area contributed by atoms with Crippen molar-refractivity contribution >= 4 is 23.6 Å². The number of benzene rings is 9. The molecule has 0 spiro atoms. The highest BCUT2D eigenvalue weighted by Gasteiger charge is 2.45. The Bertz CT molecular complexity index is 2700. The molecule has 0 amide bonds. The van der Waals surface area contributed by atoms with E-state index in [0.717, 1.165) is 51.4 Å². The third-order valence-electron chi connectivity index (χ3n) is 14.5. The van der Waals surface area contributed by atoms with Crippen LogP contribution in [-0.4, -0.2) is 8.07 Å². The van der Waals surface area contributed by atoms with Gasteiger partial charge >= 0.3 is 0 Å². The summed E-state index contributed by atoms with van der Waals surface area (Å²) in [5, 5.41) is 6.00. The third-order valence-corrected chi connectivity index (χ3v) is 19.3. The molecule has 0 fully saturated rings. The van der Waals surface area contributed by atoms with Gasteiger partial charge in [-0.15, -0.1) is 0 Å². The van der Waals surface area contributed by atoms with Crippen molar-refractivity contribution in [1.29, 1.82) is 0 Å². The van der Waals surface area contributed by atoms with Gasteiger partial charge in [0.05, 0.1) is 0 Å². The molecule has 9 aromatic rings. The molecule has 1 unspecified atom stereocenters. The van der Waals surface area contributed by atoms with Gasteiger partial charge in [-0.25, -0.2) is 0 Å². The van der Waals surface area contributed by atoms with E-state index in [9.17, 15) is 0 Å². The van der Waals surface area contributed by atoms with Crippen LogP contribution in [0.25, 0.3) is 0 Å². The fourth-order valence-electron chi connectivity index (χ4n) is 11.0. The van der Waals surface area contributed by atoms with E-state index in [0.29, 0.717) is 5.92 Å². The van der Waals surface area contributed by atoms with Crippen molar-refractivity contribution in [3.8, 4) is 0 Å². The molecule has 0 N–H and O–H groups in total. The van der Waals surface area contributed by atoms with Crippen LogP contribution in [0.1, 0.15) is 93.5 Å². The zero-order valence-corrected chi connectivity index (χ0v) is 41.9. The predicted molar refractivity (Wildman–Crippen MR) is 300 cm³/mol. The van der Waals surface area contributed by atoms with Crippen LogP contribution in [0.15, 0.2) is 260 Å². The molecule has 1 aliphatic rings. The molecule has 10 rings (SSSR count). The Kier molecular flexibility index (Phi) is 14.6. The molecule has 0 saturated carbocycles. The average Bonchev–Trinajstić information content (AvgIpc) is 3.89. The summed E-state index contributed by atoms with van der Waals surface area (Å²) in [6, 6.07) is 90.0. The highest BCUT2D eigenvalue weighted by molar-refractivity contribution is 7.16. The van der Waals surface area contributed by atoms with Crippen molar-refractivity contribution in [1.82, 2.24) is 0 Å². The molecule has 0 saturated heterocycles. The molecule has 0 aliphatic heterocycles. The van der Waals surface area contributed by atoms with Gasteiger partial charge in [0, 0.05) is 0 Å². The summed E-state index contributed by atoms with van der Waals surface area (Å²) < 4.78 is 0. The first-order valence-electron chi connectivity index (χ1n) is 25.5. The Morgan fingerprint density at radius 3 is 0.800 bits per heavy atom. The molecule has 0 nitrogen and oxygen atoms in total. The van der Waals surface area contributed by atoms with Gasteiger partial charge in [-0.1, -0.05) is 268 Å². The minimum atomic E-state index is -3.17. The smallest absolute Gasteiger partial charge is 0.0773 e. The number of hydrogen-bond donors (Lipinski definition) is 0. The number of hydrogen-bond acceptors (Lipinski definition) is 0. The lowest BCUT2D eigenvalue weighted by Crippen LogP contribution is -2.69. The minimum absolute atomic E-state index is 0.471. The molecule has 0 bridgehead atoms. The van der Waals surface area contributed by atoms with E-state index in [-0.39, 0.29) is 0 Å². The topological polar surface area (TPSA) is 0 Å². The zero-order chi connectivity index (χ0) is 47.5. The minimum Gasteiger partial charge on any atom is -0.0773 e. The molecule has 1 atom stereocenters. The Morgan fingerprint density at radius 1 is 0.329 bits per heavy atom. The van der Waals surface area contributed by atoms with Gasteiger partial charge in [-0.3, -0.25) is 0 Å². The molecule has 9 aromatic carbocycles. The van der Waals surface area contributed by atoms with E-state index in [1.807, 2.05) is 0 Å². The van der Waals surface area contributed by atoms with E-state index >= 15 is 0 Å². The molecule has 70 heavy (non-hydrogen) atoms. The van der Waals surface area contributed by atoms with Crippen LogP contribution in [-0.2, 0) is 38.5 Å². The maximum absolute atomic E-state index is 3.17. The third kappa shape index (κ3) is 11.1. The first-order valence-corrected chi connectivity index (χ1v) is 27.5. The van der Waals surface area contributed by atoms with Gasteiger partial charge in [-0.05, 0) is 145 Å². The van der Waals surface area contributed by atoms with Crippen LogP contribution in [0.3, 0.4) is 0 Å². The normalized spacial score (nSPS) is 12.9. The summed E-state index contributed by atoms with van der Waals surface area (Å²) in [5.41, 5.74) is 17.7. The van der Waals surface area contributed by atoms with Gasteiger partial charge in [-0.2, -0.15) is 0 Å². The second-order valence-corrected chi connectivity index (χ2v) is 23.6. The van der Waals surface area contributed by atoms with Crippen molar-refractivity contribution in [3.05, 3.63) is 326 Å². The van der Waals surface area contributed by atoms with Crippen LogP contribution in [0.5, 0.6) is 0 Å². The summed E-state index contributed by atoms with van der Waals surface area (Å²) in [4.78, 5) is 0. The Morgan fingerprint density at radius 2 is 0.571 bits per heavy atom. The highest BCUT2D eigenvalue weighted by atomic mass is 28.3. The molecular formula is C69H64Si. The summed E-state index contributed by atoms with van der Waals surface area (Å²) in [6.07, 6.45) is 12.6. The van der Waals surface area contributed by atoms with Gasteiger partial charge < -0.3 is 0 Å². The maximum atomic E-state index is 2.68. The van der Waals surface area contributed by atoms with Crippen molar-refractivity contribution in [3.63, 3.8) is 0 Å². The quantitative estimate of drug-likeness (QED) is 0.0594. The first kappa shape index (κ1) is 46.4. The van der Waals surface area contributed by atoms with Crippen molar-refractivity contribution in [2.24, 2.45) is 5.92 Å². The lowest BCUT2D eigenvalue weighted by atomic mass is 9.99. The number of allylic oxidation sites excluding steroid dienone is 4. The van der Waals surface area contributed by atoms with E-state index in [1.165, 1.54) is 87.9 Å². The van der Waals surface area contributed by atoms with Gasteiger partial charge in [0.15, 0.2) is 8.07 Å². The molecule has 1 heteroatoms. The zero-order valence-electron chi connectivity index (χ0n) is 40.9. The molecule has 0 heterocycles. The van der Waals surface area contributed by atoms with Crippen LogP contribution < -0.4 is 15.6 Å². The van der Waals surface area contributed by atoms with E-state index in [1.54, 1.807) is 5.20 Å². The van der Waals surface area contributed by atoms with Crippen molar-refractivity contribution in [2.75, 3.05) is 0 Å².